The van der Waals surface area contributed by atoms with E-state index < -0.39 is 29.0 Å². The highest BCUT2D eigenvalue weighted by atomic mass is 32.1. The number of ketones is 1. The van der Waals surface area contributed by atoms with Crippen LogP contribution in [0.25, 0.3) is 0 Å². The summed E-state index contributed by atoms with van der Waals surface area (Å²) in [6.45, 7) is 1.85. The molecule has 2 aromatic rings. The standard InChI is InChI=1S/C19H17F4N3OS/c1-2-3-4-17(27)13-7-5-12(10-15(13)20)26-18(28)25-11-6-8-16(24)14(9-11)19(21,22)23/h3-10H,2,24H2,1H3,(H2,25,26,28)/b4-3+. The maximum Gasteiger partial charge on any atom is 0.418 e. The van der Waals surface area contributed by atoms with Crippen molar-refractivity contribution in [2.75, 3.05) is 16.4 Å². The molecule has 0 spiro atoms. The predicted molar refractivity (Wildman–Crippen MR) is 106 cm³/mol. The average Bonchev–Trinajstić information content (AvgIpc) is 2.60. The summed E-state index contributed by atoms with van der Waals surface area (Å²) in [5, 5.41) is 5.18. The summed E-state index contributed by atoms with van der Waals surface area (Å²) in [6, 6.07) is 7.08. The van der Waals surface area contributed by atoms with E-state index >= 15 is 0 Å². The molecule has 0 amide bonds. The second-order valence-corrected chi connectivity index (χ2v) is 6.16. The SMILES string of the molecule is CC/C=C/C(=O)c1ccc(NC(=S)Nc2ccc(N)c(C(F)(F)F)c2)cc1F. The highest BCUT2D eigenvalue weighted by Crippen LogP contribution is 2.35. The molecule has 0 aliphatic carbocycles. The largest absolute Gasteiger partial charge is 0.418 e. The first-order valence-electron chi connectivity index (χ1n) is 8.17. The van der Waals surface area contributed by atoms with Crippen LogP contribution in [-0.4, -0.2) is 10.9 Å². The van der Waals surface area contributed by atoms with Crippen molar-refractivity contribution < 1.29 is 22.4 Å². The quantitative estimate of drug-likeness (QED) is 0.203. The number of carbonyl (C=O) groups excluding carboxylic acids is 1. The van der Waals surface area contributed by atoms with E-state index in [0.717, 1.165) is 18.2 Å². The Morgan fingerprint density at radius 2 is 1.75 bits per heavy atom. The van der Waals surface area contributed by atoms with Crippen molar-refractivity contribution in [3.05, 3.63) is 65.5 Å². The molecule has 28 heavy (non-hydrogen) atoms. The van der Waals surface area contributed by atoms with E-state index in [9.17, 15) is 22.4 Å². The molecule has 2 aromatic carbocycles. The summed E-state index contributed by atoms with van der Waals surface area (Å²) < 4.78 is 52.9. The number of alkyl halides is 3. The molecule has 0 atom stereocenters. The second kappa shape index (κ2) is 8.83. The maximum absolute atomic E-state index is 14.1. The lowest BCUT2D eigenvalue weighted by atomic mass is 10.1. The van der Waals surface area contributed by atoms with Crippen molar-refractivity contribution in [1.29, 1.82) is 0 Å². The fourth-order valence-corrected chi connectivity index (χ4v) is 2.52. The van der Waals surface area contributed by atoms with Gasteiger partial charge >= 0.3 is 6.18 Å². The Balaban J connectivity index is 2.11. The van der Waals surface area contributed by atoms with Crippen LogP contribution >= 0.6 is 12.2 Å². The number of allylic oxidation sites excluding steroid dienone is 2. The molecule has 0 aliphatic heterocycles. The van der Waals surface area contributed by atoms with Crippen LogP contribution in [-0.2, 0) is 6.18 Å². The van der Waals surface area contributed by atoms with Crippen molar-refractivity contribution in [3.63, 3.8) is 0 Å². The number of nitrogen functional groups attached to an aromatic ring is 1. The lowest BCUT2D eigenvalue weighted by molar-refractivity contribution is -0.136. The zero-order chi connectivity index (χ0) is 20.9. The van der Waals surface area contributed by atoms with Gasteiger partial charge in [0, 0.05) is 17.1 Å². The molecule has 0 saturated heterocycles. The third-order valence-corrected chi connectivity index (χ3v) is 3.82. The van der Waals surface area contributed by atoms with Gasteiger partial charge in [-0.3, -0.25) is 4.79 Å². The average molecular weight is 411 g/mol. The van der Waals surface area contributed by atoms with Gasteiger partial charge in [-0.15, -0.1) is 0 Å². The summed E-state index contributed by atoms with van der Waals surface area (Å²) in [4.78, 5) is 11.9. The Bertz CT molecular complexity index is 926. The Morgan fingerprint density at radius 3 is 2.32 bits per heavy atom. The maximum atomic E-state index is 14.1. The Kier molecular flexibility index (Phi) is 6.74. The van der Waals surface area contributed by atoms with Crippen molar-refractivity contribution in [2.45, 2.75) is 19.5 Å². The van der Waals surface area contributed by atoms with Crippen molar-refractivity contribution in [1.82, 2.24) is 0 Å². The van der Waals surface area contributed by atoms with Crippen LogP contribution in [0.1, 0.15) is 29.3 Å². The molecule has 0 aliphatic rings. The number of benzene rings is 2. The first-order chi connectivity index (χ1) is 13.1. The van der Waals surface area contributed by atoms with Gasteiger partial charge in [-0.25, -0.2) is 4.39 Å². The van der Waals surface area contributed by atoms with Gasteiger partial charge in [-0.1, -0.05) is 13.0 Å². The van der Waals surface area contributed by atoms with E-state index in [0.29, 0.717) is 6.42 Å². The number of halogens is 4. The van der Waals surface area contributed by atoms with E-state index in [4.69, 9.17) is 18.0 Å². The molecular formula is C19H17F4N3OS. The number of nitrogens with two attached hydrogens (primary N) is 1. The molecule has 2 rings (SSSR count). The van der Waals surface area contributed by atoms with Gasteiger partial charge < -0.3 is 16.4 Å². The van der Waals surface area contributed by atoms with Crippen molar-refractivity contribution in [3.8, 4) is 0 Å². The monoisotopic (exact) mass is 411 g/mol. The molecule has 0 fully saturated rings. The van der Waals surface area contributed by atoms with Crippen molar-refractivity contribution in [2.24, 2.45) is 0 Å². The summed E-state index contributed by atoms with van der Waals surface area (Å²) in [5.41, 5.74) is 4.15. The molecule has 0 bridgehead atoms. The molecule has 9 heteroatoms. The summed E-state index contributed by atoms with van der Waals surface area (Å²) in [6.07, 6.45) is -1.05. The molecule has 148 valence electrons. The molecular weight excluding hydrogens is 394 g/mol. The molecule has 4 N–H and O–H groups in total. The van der Waals surface area contributed by atoms with Gasteiger partial charge in [0.1, 0.15) is 5.82 Å². The molecule has 0 aromatic heterocycles. The Morgan fingerprint density at radius 1 is 1.14 bits per heavy atom. The Labute approximate surface area is 164 Å². The zero-order valence-electron chi connectivity index (χ0n) is 14.7. The number of anilines is 3. The van der Waals surface area contributed by atoms with Gasteiger partial charge in [0.05, 0.1) is 11.1 Å². The molecule has 4 nitrogen and oxygen atoms in total. The van der Waals surface area contributed by atoms with Crippen molar-refractivity contribution >= 4 is 40.2 Å². The lowest BCUT2D eigenvalue weighted by Gasteiger charge is -2.14. The topological polar surface area (TPSA) is 67.2 Å². The van der Waals surface area contributed by atoms with E-state index in [1.165, 1.54) is 24.3 Å². The minimum absolute atomic E-state index is 0.0535. The number of thiocarbonyl (C=S) groups is 1. The van der Waals surface area contributed by atoms with Gasteiger partial charge in [0.25, 0.3) is 0 Å². The van der Waals surface area contributed by atoms with E-state index in [1.807, 2.05) is 6.92 Å². The smallest absolute Gasteiger partial charge is 0.398 e. The lowest BCUT2D eigenvalue weighted by Crippen LogP contribution is -2.20. The zero-order valence-corrected chi connectivity index (χ0v) is 15.5. The van der Waals surface area contributed by atoms with Gasteiger partial charge in [0.15, 0.2) is 10.9 Å². The number of carbonyl (C=O) groups is 1. The minimum Gasteiger partial charge on any atom is -0.398 e. The van der Waals surface area contributed by atoms with E-state index in [1.54, 1.807) is 6.08 Å². The minimum atomic E-state index is -4.60. The van der Waals surface area contributed by atoms with Gasteiger partial charge in [-0.05, 0) is 61.1 Å². The number of rotatable bonds is 5. The highest BCUT2D eigenvalue weighted by molar-refractivity contribution is 7.80. The third kappa shape index (κ3) is 5.53. The van der Waals surface area contributed by atoms with Crippen LogP contribution in [0.2, 0.25) is 0 Å². The molecule has 0 unspecified atom stereocenters. The highest BCUT2D eigenvalue weighted by Gasteiger charge is 2.33. The first-order valence-corrected chi connectivity index (χ1v) is 8.57. The van der Waals surface area contributed by atoms with Crippen LogP contribution in [0, 0.1) is 5.82 Å². The normalized spacial score (nSPS) is 11.5. The number of hydrogen-bond acceptors (Lipinski definition) is 3. The fraction of sp³-hybridized carbons (Fsp3) is 0.158. The third-order valence-electron chi connectivity index (χ3n) is 3.61. The summed E-state index contributed by atoms with van der Waals surface area (Å²) >= 11 is 5.04. The molecule has 0 saturated carbocycles. The van der Waals surface area contributed by atoms with Gasteiger partial charge in [-0.2, -0.15) is 13.2 Å². The fourth-order valence-electron chi connectivity index (χ4n) is 2.28. The second-order valence-electron chi connectivity index (χ2n) is 5.75. The first kappa shape index (κ1) is 21.4. The number of nitrogens with one attached hydrogen (secondary N) is 2. The van der Waals surface area contributed by atoms with Crippen LogP contribution in [0.5, 0.6) is 0 Å². The van der Waals surface area contributed by atoms with E-state index in [-0.39, 0.29) is 22.1 Å². The summed E-state index contributed by atoms with van der Waals surface area (Å²) in [7, 11) is 0. The molecule has 0 radical (unpaired) electrons. The molecule has 0 heterocycles. The van der Waals surface area contributed by atoms with Gasteiger partial charge in [0.2, 0.25) is 0 Å². The van der Waals surface area contributed by atoms with Crippen LogP contribution in [0.15, 0.2) is 48.6 Å². The Hall–Kier alpha value is -2.94. The van der Waals surface area contributed by atoms with Crippen LogP contribution in [0.3, 0.4) is 0 Å². The van der Waals surface area contributed by atoms with Crippen LogP contribution in [0.4, 0.5) is 34.6 Å². The summed E-state index contributed by atoms with van der Waals surface area (Å²) in [5.74, 6) is -1.21. The van der Waals surface area contributed by atoms with E-state index in [2.05, 4.69) is 10.6 Å². The number of hydrogen-bond donors (Lipinski definition) is 3. The predicted octanol–water partition coefficient (Wildman–Crippen LogP) is 5.38. The van der Waals surface area contributed by atoms with Crippen LogP contribution < -0.4 is 16.4 Å².